The lowest BCUT2D eigenvalue weighted by Gasteiger charge is -2.38. The van der Waals surface area contributed by atoms with Gasteiger partial charge in [0.2, 0.25) is 0 Å². The van der Waals surface area contributed by atoms with Gasteiger partial charge in [-0.2, -0.15) is 4.98 Å². The van der Waals surface area contributed by atoms with Crippen molar-refractivity contribution in [3.63, 3.8) is 0 Å². The maximum Gasteiger partial charge on any atom is 0.351 e. The Morgan fingerprint density at radius 1 is 1.35 bits per heavy atom. The van der Waals surface area contributed by atoms with E-state index in [1.54, 1.807) is 6.20 Å². The zero-order valence-electron chi connectivity index (χ0n) is 16.8. The summed E-state index contributed by atoms with van der Waals surface area (Å²) in [5.74, 6) is 0.238. The lowest BCUT2D eigenvalue weighted by Crippen LogP contribution is -2.47. The first-order valence-corrected chi connectivity index (χ1v) is 9.14. The highest BCUT2D eigenvalue weighted by molar-refractivity contribution is 5.35. The highest BCUT2D eigenvalue weighted by Crippen LogP contribution is 2.51. The SMILES string of the molecule is Cc1cn([C@@H]2O[C@@]3(CC(C)(C)C)COC2[C@H]3OC(C)(C)C)c(=O)nc1N. The van der Waals surface area contributed by atoms with E-state index in [9.17, 15) is 4.79 Å². The van der Waals surface area contributed by atoms with Crippen molar-refractivity contribution in [2.24, 2.45) is 5.41 Å². The van der Waals surface area contributed by atoms with Crippen molar-refractivity contribution >= 4 is 5.82 Å². The van der Waals surface area contributed by atoms with Crippen molar-refractivity contribution < 1.29 is 14.2 Å². The third kappa shape index (κ3) is 3.52. The molecule has 1 aromatic heterocycles. The van der Waals surface area contributed by atoms with Gasteiger partial charge in [-0.25, -0.2) is 4.79 Å². The minimum absolute atomic E-state index is 0.0207. The fourth-order valence-corrected chi connectivity index (χ4v) is 3.97. The molecule has 0 saturated carbocycles. The number of hydrogen-bond donors (Lipinski definition) is 1. The Balaban J connectivity index is 2.01. The van der Waals surface area contributed by atoms with Gasteiger partial charge in [0.25, 0.3) is 0 Å². The van der Waals surface area contributed by atoms with Crippen molar-refractivity contribution in [2.45, 2.75) is 84.5 Å². The normalized spacial score (nSPS) is 31.6. The van der Waals surface area contributed by atoms with Crippen LogP contribution in [-0.2, 0) is 14.2 Å². The number of rotatable bonds is 3. The maximum absolute atomic E-state index is 12.4. The third-order valence-corrected chi connectivity index (χ3v) is 4.73. The number of nitrogen functional groups attached to an aromatic ring is 1. The maximum atomic E-state index is 12.4. The summed E-state index contributed by atoms with van der Waals surface area (Å²) < 4.78 is 20.4. The van der Waals surface area contributed by atoms with Gasteiger partial charge < -0.3 is 19.9 Å². The second-order valence-electron chi connectivity index (χ2n) is 9.74. The number of aromatic nitrogens is 2. The number of anilines is 1. The van der Waals surface area contributed by atoms with Crippen LogP contribution in [0.3, 0.4) is 0 Å². The van der Waals surface area contributed by atoms with Gasteiger partial charge in [0, 0.05) is 11.8 Å². The Hall–Kier alpha value is -1.44. The van der Waals surface area contributed by atoms with Gasteiger partial charge in [0.1, 0.15) is 23.6 Å². The molecule has 7 nitrogen and oxygen atoms in total. The quantitative estimate of drug-likeness (QED) is 0.885. The predicted molar refractivity (Wildman–Crippen MR) is 98.9 cm³/mol. The second-order valence-corrected chi connectivity index (χ2v) is 9.74. The average Bonchev–Trinajstić information content (AvgIpc) is 2.90. The van der Waals surface area contributed by atoms with Crippen LogP contribution >= 0.6 is 0 Å². The van der Waals surface area contributed by atoms with Crippen LogP contribution in [0.4, 0.5) is 5.82 Å². The lowest BCUT2D eigenvalue weighted by molar-refractivity contribution is -0.189. The van der Waals surface area contributed by atoms with E-state index in [2.05, 4.69) is 25.8 Å². The Bertz CT molecular complexity index is 747. The van der Waals surface area contributed by atoms with Crippen LogP contribution in [0, 0.1) is 12.3 Å². The Kier molecular flexibility index (Phi) is 4.49. The van der Waals surface area contributed by atoms with Crippen LogP contribution < -0.4 is 11.4 Å². The molecule has 2 aliphatic heterocycles. The van der Waals surface area contributed by atoms with Crippen molar-refractivity contribution in [3.05, 3.63) is 22.2 Å². The van der Waals surface area contributed by atoms with E-state index in [0.29, 0.717) is 6.61 Å². The van der Waals surface area contributed by atoms with Crippen molar-refractivity contribution in [1.29, 1.82) is 0 Å². The molecular weight excluding hydrogens is 334 g/mol. The highest BCUT2D eigenvalue weighted by Gasteiger charge is 2.64. The zero-order valence-corrected chi connectivity index (χ0v) is 16.8. The molecule has 0 amide bonds. The minimum Gasteiger partial charge on any atom is -0.383 e. The molecule has 0 radical (unpaired) electrons. The number of aryl methyl sites for hydroxylation is 1. The molecule has 1 aromatic rings. The summed E-state index contributed by atoms with van der Waals surface area (Å²) in [6.45, 7) is 14.8. The molecular formula is C19H31N3O4. The molecule has 2 N–H and O–H groups in total. The number of ether oxygens (including phenoxy) is 3. The van der Waals surface area contributed by atoms with Gasteiger partial charge >= 0.3 is 5.69 Å². The van der Waals surface area contributed by atoms with Crippen molar-refractivity contribution in [3.8, 4) is 0 Å². The minimum atomic E-state index is -0.588. The zero-order chi connectivity index (χ0) is 19.5. The summed E-state index contributed by atoms with van der Waals surface area (Å²) in [4.78, 5) is 16.3. The molecule has 0 aliphatic carbocycles. The molecule has 26 heavy (non-hydrogen) atoms. The highest BCUT2D eigenvalue weighted by atomic mass is 16.7. The molecule has 146 valence electrons. The summed E-state index contributed by atoms with van der Waals surface area (Å²) >= 11 is 0. The molecule has 0 aromatic carbocycles. The molecule has 3 rings (SSSR count). The molecule has 2 saturated heterocycles. The number of nitrogens with zero attached hydrogens (tertiary/aromatic N) is 2. The van der Waals surface area contributed by atoms with Gasteiger partial charge in [0.15, 0.2) is 6.23 Å². The van der Waals surface area contributed by atoms with Gasteiger partial charge in [-0.15, -0.1) is 0 Å². The lowest BCUT2D eigenvalue weighted by atomic mass is 9.80. The van der Waals surface area contributed by atoms with Gasteiger partial charge in [-0.3, -0.25) is 4.57 Å². The van der Waals surface area contributed by atoms with Crippen LogP contribution in [0.1, 0.15) is 59.8 Å². The first-order chi connectivity index (χ1) is 11.8. The predicted octanol–water partition coefficient (Wildman–Crippen LogP) is 2.42. The van der Waals surface area contributed by atoms with E-state index < -0.39 is 17.5 Å². The molecule has 2 bridgehead atoms. The van der Waals surface area contributed by atoms with E-state index in [1.165, 1.54) is 4.57 Å². The monoisotopic (exact) mass is 365 g/mol. The first kappa shape index (κ1) is 19.3. The Morgan fingerprint density at radius 2 is 2.00 bits per heavy atom. The molecule has 2 fully saturated rings. The Labute approximate surface area is 154 Å². The van der Waals surface area contributed by atoms with E-state index in [1.807, 2.05) is 27.7 Å². The third-order valence-electron chi connectivity index (χ3n) is 4.73. The summed E-state index contributed by atoms with van der Waals surface area (Å²) in [6.07, 6.45) is 1.27. The average molecular weight is 365 g/mol. The summed E-state index contributed by atoms with van der Waals surface area (Å²) in [5.41, 5.74) is 5.14. The largest absolute Gasteiger partial charge is 0.383 e. The van der Waals surface area contributed by atoms with Gasteiger partial charge in [-0.05, 0) is 39.5 Å². The van der Waals surface area contributed by atoms with Crippen LogP contribution in [0.25, 0.3) is 0 Å². The molecule has 7 heteroatoms. The summed E-state index contributed by atoms with van der Waals surface area (Å²) in [7, 11) is 0. The van der Waals surface area contributed by atoms with Crippen molar-refractivity contribution in [1.82, 2.24) is 9.55 Å². The summed E-state index contributed by atoms with van der Waals surface area (Å²) in [5, 5.41) is 0. The van der Waals surface area contributed by atoms with E-state index in [0.717, 1.165) is 12.0 Å². The van der Waals surface area contributed by atoms with E-state index in [4.69, 9.17) is 19.9 Å². The Morgan fingerprint density at radius 3 is 2.58 bits per heavy atom. The van der Waals surface area contributed by atoms with E-state index in [-0.39, 0.29) is 29.0 Å². The fraction of sp³-hybridized carbons (Fsp3) is 0.789. The topological polar surface area (TPSA) is 88.6 Å². The van der Waals surface area contributed by atoms with E-state index >= 15 is 0 Å². The molecule has 2 aliphatic rings. The first-order valence-electron chi connectivity index (χ1n) is 9.14. The van der Waals surface area contributed by atoms with Crippen molar-refractivity contribution in [2.75, 3.05) is 12.3 Å². The fourth-order valence-electron chi connectivity index (χ4n) is 3.97. The number of nitrogens with two attached hydrogens (primary N) is 1. The van der Waals surface area contributed by atoms with Crippen LogP contribution in [0.15, 0.2) is 11.0 Å². The van der Waals surface area contributed by atoms with Crippen LogP contribution in [0.5, 0.6) is 0 Å². The standard InChI is InChI=1S/C19H31N3O4/c1-11-8-22(16(23)21-14(11)20)15-12-13(25-18(5,6)7)19(26-15,10-24-12)9-17(2,3)4/h8,12-13,15H,9-10H2,1-7H3,(H2,20,21,23)/t12?,13-,15-,19+/m1/s1. The van der Waals surface area contributed by atoms with Gasteiger partial charge in [0.05, 0.1) is 12.2 Å². The summed E-state index contributed by atoms with van der Waals surface area (Å²) in [6, 6.07) is 0. The van der Waals surface area contributed by atoms with Gasteiger partial charge in [-0.1, -0.05) is 20.8 Å². The molecule has 4 atom stereocenters. The molecule has 1 unspecified atom stereocenters. The second kappa shape index (κ2) is 6.04. The molecule has 3 heterocycles. The smallest absolute Gasteiger partial charge is 0.351 e. The number of hydrogen-bond acceptors (Lipinski definition) is 6. The number of fused-ring (bicyclic) bond motifs is 2. The molecule has 0 spiro atoms. The van der Waals surface area contributed by atoms with Crippen LogP contribution in [0.2, 0.25) is 0 Å². The van der Waals surface area contributed by atoms with Crippen LogP contribution in [-0.4, -0.2) is 39.6 Å².